The van der Waals surface area contributed by atoms with E-state index >= 15 is 0 Å². The molecule has 0 fully saturated rings. The zero-order valence-electron chi connectivity index (χ0n) is 17.5. The van der Waals surface area contributed by atoms with Crippen LogP contribution in [0.15, 0.2) is 29.3 Å². The Morgan fingerprint density at radius 2 is 1.90 bits per heavy atom. The smallest absolute Gasteiger partial charge is 0.390 e. The highest BCUT2D eigenvalue weighted by molar-refractivity contribution is 5.88. The highest BCUT2D eigenvalue weighted by Gasteiger charge is 2.31. The molecule has 0 aliphatic rings. The highest BCUT2D eigenvalue weighted by Crippen LogP contribution is 2.35. The zero-order valence-corrected chi connectivity index (χ0v) is 17.5. The van der Waals surface area contributed by atoms with E-state index in [1.54, 1.807) is 26.0 Å². The van der Waals surface area contributed by atoms with E-state index in [0.29, 0.717) is 17.8 Å². The van der Waals surface area contributed by atoms with Gasteiger partial charge in [0.05, 0.1) is 23.8 Å². The molecule has 0 aliphatic carbocycles. The summed E-state index contributed by atoms with van der Waals surface area (Å²) < 4.78 is 40.4. The number of carbonyl (C=O) groups is 1. The molecule has 1 heterocycles. The largest absolute Gasteiger partial charge is 0.416 e. The summed E-state index contributed by atoms with van der Waals surface area (Å²) in [5, 5.41) is 17.0. The van der Waals surface area contributed by atoms with Crippen LogP contribution in [0.5, 0.6) is 0 Å². The van der Waals surface area contributed by atoms with E-state index in [4.69, 9.17) is 0 Å². The average Bonchev–Trinajstić information content (AvgIpc) is 3.02. The third kappa shape index (κ3) is 4.81. The number of aldehydes is 1. The van der Waals surface area contributed by atoms with Gasteiger partial charge in [-0.05, 0) is 23.6 Å². The number of rotatable bonds is 6. The number of aliphatic hydroxyl groups is 1. The third-order valence-electron chi connectivity index (χ3n) is 4.60. The zero-order chi connectivity index (χ0) is 22.6. The Morgan fingerprint density at radius 1 is 1.30 bits per heavy atom. The lowest BCUT2D eigenvalue weighted by atomic mass is 9.95. The molecule has 2 N–H and O–H groups in total. The SMILES string of the molecule is CN/C(=N\c1c(C=O)c(CO)nn1C(c1ccc(C(F)(F)F)cc1)C(C)C)N(C)C. The molecular formula is C20H26F3N5O2. The Bertz CT molecular complexity index is 902. The second kappa shape index (κ2) is 9.29. The first kappa shape index (κ1) is 23.4. The van der Waals surface area contributed by atoms with Crippen LogP contribution < -0.4 is 5.32 Å². The quantitative estimate of drug-likeness (QED) is 0.422. The van der Waals surface area contributed by atoms with Crippen molar-refractivity contribution in [1.82, 2.24) is 20.0 Å². The molecule has 0 bridgehead atoms. The number of hydrogen-bond acceptors (Lipinski definition) is 4. The van der Waals surface area contributed by atoms with Crippen molar-refractivity contribution in [2.24, 2.45) is 10.9 Å². The lowest BCUT2D eigenvalue weighted by Gasteiger charge is -2.24. The van der Waals surface area contributed by atoms with Crippen molar-refractivity contribution >= 4 is 18.1 Å². The molecule has 30 heavy (non-hydrogen) atoms. The van der Waals surface area contributed by atoms with Gasteiger partial charge >= 0.3 is 6.18 Å². The molecule has 10 heteroatoms. The first-order valence-corrected chi connectivity index (χ1v) is 9.33. The van der Waals surface area contributed by atoms with Crippen molar-refractivity contribution in [2.75, 3.05) is 21.1 Å². The fourth-order valence-corrected chi connectivity index (χ4v) is 3.18. The highest BCUT2D eigenvalue weighted by atomic mass is 19.4. The Morgan fingerprint density at radius 3 is 2.30 bits per heavy atom. The number of aromatic nitrogens is 2. The molecular weight excluding hydrogens is 399 g/mol. The maximum Gasteiger partial charge on any atom is 0.416 e. The standard InChI is InChI=1S/C20H26F3N5O2/c1-12(2)17(13-6-8-14(9-7-13)20(21,22)23)28-18(25-19(24-3)27(4)5)15(10-29)16(11-30)26-28/h6-10,12,17,30H,11H2,1-5H3,(H,24,25). The molecule has 0 saturated carbocycles. The van der Waals surface area contributed by atoms with Gasteiger partial charge in [0.25, 0.3) is 0 Å². The predicted molar refractivity (Wildman–Crippen MR) is 108 cm³/mol. The number of aliphatic hydroxyl groups excluding tert-OH is 1. The van der Waals surface area contributed by atoms with Crippen molar-refractivity contribution in [3.05, 3.63) is 46.6 Å². The van der Waals surface area contributed by atoms with E-state index in [-0.39, 0.29) is 23.0 Å². The summed E-state index contributed by atoms with van der Waals surface area (Å²) >= 11 is 0. The molecule has 0 spiro atoms. The van der Waals surface area contributed by atoms with Crippen molar-refractivity contribution in [1.29, 1.82) is 0 Å². The molecule has 1 atom stereocenters. The van der Waals surface area contributed by atoms with Gasteiger partial charge in [-0.2, -0.15) is 23.3 Å². The van der Waals surface area contributed by atoms with Crippen LogP contribution in [0, 0.1) is 5.92 Å². The maximum absolute atomic E-state index is 13.0. The fraction of sp³-hybridized carbons (Fsp3) is 0.450. The number of alkyl halides is 3. The minimum atomic E-state index is -4.44. The number of guanidine groups is 1. The van der Waals surface area contributed by atoms with Crippen LogP contribution in [0.25, 0.3) is 0 Å². The van der Waals surface area contributed by atoms with Gasteiger partial charge in [0.15, 0.2) is 18.1 Å². The van der Waals surface area contributed by atoms with Crippen LogP contribution in [-0.2, 0) is 12.8 Å². The van der Waals surface area contributed by atoms with Gasteiger partial charge in [-0.15, -0.1) is 0 Å². The third-order valence-corrected chi connectivity index (χ3v) is 4.60. The Balaban J connectivity index is 2.71. The van der Waals surface area contributed by atoms with Crippen molar-refractivity contribution < 1.29 is 23.1 Å². The van der Waals surface area contributed by atoms with Crippen LogP contribution in [0.1, 0.15) is 47.1 Å². The number of halogens is 3. The first-order chi connectivity index (χ1) is 14.0. The lowest BCUT2D eigenvalue weighted by molar-refractivity contribution is -0.137. The van der Waals surface area contributed by atoms with Crippen LogP contribution >= 0.6 is 0 Å². The normalized spacial score (nSPS) is 13.5. The molecule has 0 amide bonds. The molecule has 0 radical (unpaired) electrons. The second-order valence-electron chi connectivity index (χ2n) is 7.29. The van der Waals surface area contributed by atoms with Gasteiger partial charge < -0.3 is 15.3 Å². The van der Waals surface area contributed by atoms with Crippen molar-refractivity contribution in [2.45, 2.75) is 32.7 Å². The average molecular weight is 425 g/mol. The van der Waals surface area contributed by atoms with Gasteiger partial charge in [0.1, 0.15) is 5.69 Å². The Kier molecular flexibility index (Phi) is 7.25. The summed E-state index contributed by atoms with van der Waals surface area (Å²) in [5.74, 6) is 0.559. The van der Waals surface area contributed by atoms with Crippen LogP contribution in [-0.4, -0.2) is 53.2 Å². The van der Waals surface area contributed by atoms with E-state index in [1.165, 1.54) is 16.8 Å². The minimum absolute atomic E-state index is 0.0981. The summed E-state index contributed by atoms with van der Waals surface area (Å²) in [6, 6.07) is 4.32. The molecule has 2 aromatic rings. The first-order valence-electron chi connectivity index (χ1n) is 9.33. The molecule has 1 aromatic heterocycles. The molecule has 0 aliphatic heterocycles. The maximum atomic E-state index is 13.0. The number of carbonyl (C=O) groups excluding carboxylic acids is 1. The van der Waals surface area contributed by atoms with E-state index in [2.05, 4.69) is 15.4 Å². The topological polar surface area (TPSA) is 82.7 Å². The number of aliphatic imine (C=N–C) groups is 1. The van der Waals surface area contributed by atoms with Crippen LogP contribution in [0.2, 0.25) is 0 Å². The fourth-order valence-electron chi connectivity index (χ4n) is 3.18. The monoisotopic (exact) mass is 425 g/mol. The molecule has 1 unspecified atom stereocenters. The van der Waals surface area contributed by atoms with E-state index < -0.39 is 24.4 Å². The van der Waals surface area contributed by atoms with Crippen molar-refractivity contribution in [3.8, 4) is 0 Å². The minimum Gasteiger partial charge on any atom is -0.390 e. The van der Waals surface area contributed by atoms with Gasteiger partial charge in [-0.3, -0.25) is 4.79 Å². The number of nitrogens with one attached hydrogen (secondary N) is 1. The van der Waals surface area contributed by atoms with E-state index in [1.807, 2.05) is 13.8 Å². The van der Waals surface area contributed by atoms with Crippen molar-refractivity contribution in [3.63, 3.8) is 0 Å². The molecule has 7 nitrogen and oxygen atoms in total. The van der Waals surface area contributed by atoms with Gasteiger partial charge in [-0.25, -0.2) is 4.68 Å². The number of nitrogens with zero attached hydrogens (tertiary/aromatic N) is 4. The second-order valence-corrected chi connectivity index (χ2v) is 7.29. The van der Waals surface area contributed by atoms with Gasteiger partial charge in [0, 0.05) is 21.1 Å². The molecule has 1 aromatic carbocycles. The Labute approximate surface area is 173 Å². The lowest BCUT2D eigenvalue weighted by Crippen LogP contribution is -2.33. The van der Waals surface area contributed by atoms with E-state index in [0.717, 1.165) is 12.1 Å². The van der Waals surface area contributed by atoms with E-state index in [9.17, 15) is 23.1 Å². The summed E-state index contributed by atoms with van der Waals surface area (Å²) in [6.07, 6.45) is -3.86. The summed E-state index contributed by atoms with van der Waals surface area (Å²) in [5.41, 5.74) is 0.108. The predicted octanol–water partition coefficient (Wildman–Crippen LogP) is 3.22. The van der Waals surface area contributed by atoms with Crippen LogP contribution in [0.4, 0.5) is 19.0 Å². The summed E-state index contributed by atoms with van der Waals surface area (Å²) in [7, 11) is 5.20. The molecule has 164 valence electrons. The molecule has 2 rings (SSSR count). The summed E-state index contributed by atoms with van der Waals surface area (Å²) in [4.78, 5) is 18.0. The Hall–Kier alpha value is -2.88. The molecule has 0 saturated heterocycles. The van der Waals surface area contributed by atoms with Gasteiger partial charge in [-0.1, -0.05) is 26.0 Å². The van der Waals surface area contributed by atoms with Gasteiger partial charge in [0.2, 0.25) is 0 Å². The van der Waals surface area contributed by atoms with Crippen LogP contribution in [0.3, 0.4) is 0 Å². The summed E-state index contributed by atoms with van der Waals surface area (Å²) in [6.45, 7) is 3.31. The number of hydrogen-bond donors (Lipinski definition) is 2. The number of benzene rings is 1.